The van der Waals surface area contributed by atoms with Gasteiger partial charge in [-0.2, -0.15) is 5.10 Å². The van der Waals surface area contributed by atoms with Crippen molar-refractivity contribution in [3.8, 4) is 11.1 Å². The third kappa shape index (κ3) is 4.50. The molecule has 1 aliphatic rings. The molecule has 0 fully saturated rings. The summed E-state index contributed by atoms with van der Waals surface area (Å²) < 4.78 is 6.99. The summed E-state index contributed by atoms with van der Waals surface area (Å²) >= 11 is 0. The highest BCUT2D eigenvalue weighted by Gasteiger charge is 2.29. The number of hydrogen-bond donors (Lipinski definition) is 3. The molecule has 1 unspecified atom stereocenters. The van der Waals surface area contributed by atoms with E-state index in [0.717, 1.165) is 22.3 Å². The lowest BCUT2D eigenvalue weighted by Crippen LogP contribution is -2.40. The van der Waals surface area contributed by atoms with Crippen molar-refractivity contribution in [1.82, 2.24) is 20.4 Å². The average molecular weight is 463 g/mol. The lowest BCUT2D eigenvalue weighted by molar-refractivity contribution is -0.139. The predicted molar refractivity (Wildman–Crippen MR) is 124 cm³/mol. The van der Waals surface area contributed by atoms with Crippen molar-refractivity contribution >= 4 is 18.0 Å². The van der Waals surface area contributed by atoms with Crippen LogP contribution in [0, 0.1) is 0 Å². The predicted octanol–water partition coefficient (Wildman–Crippen LogP) is 3.05. The Kier molecular flexibility index (Phi) is 6.62. The number of fused-ring (bicyclic) bond motifs is 3. The zero-order valence-electron chi connectivity index (χ0n) is 18.9. The molecule has 4 rings (SSSR count). The quantitative estimate of drug-likeness (QED) is 0.473. The Labute approximate surface area is 196 Å². The fourth-order valence-corrected chi connectivity index (χ4v) is 4.24. The van der Waals surface area contributed by atoms with Crippen molar-refractivity contribution in [3.63, 3.8) is 0 Å². The van der Waals surface area contributed by atoms with Crippen LogP contribution < -0.4 is 10.6 Å². The normalized spacial score (nSPS) is 13.0. The molecule has 1 heterocycles. The van der Waals surface area contributed by atoms with Crippen LogP contribution in [0.15, 0.2) is 54.7 Å². The molecule has 176 valence electrons. The first kappa shape index (κ1) is 23.0. The summed E-state index contributed by atoms with van der Waals surface area (Å²) in [4.78, 5) is 36.3. The van der Waals surface area contributed by atoms with E-state index in [1.54, 1.807) is 14.0 Å². The first-order chi connectivity index (χ1) is 16.4. The summed E-state index contributed by atoms with van der Waals surface area (Å²) in [5.41, 5.74) is 5.15. The summed E-state index contributed by atoms with van der Waals surface area (Å²) in [7, 11) is 1.64. The Morgan fingerprint density at radius 3 is 2.29 bits per heavy atom. The molecular formula is C25H26N4O5. The first-order valence-electron chi connectivity index (χ1n) is 11.0. The minimum atomic E-state index is -1.11. The summed E-state index contributed by atoms with van der Waals surface area (Å²) in [5, 5.41) is 18.4. The van der Waals surface area contributed by atoms with Gasteiger partial charge in [0.05, 0.1) is 24.0 Å². The molecule has 0 bridgehead atoms. The van der Waals surface area contributed by atoms with Gasteiger partial charge >= 0.3 is 12.1 Å². The molecule has 1 aromatic heterocycles. The van der Waals surface area contributed by atoms with Gasteiger partial charge < -0.3 is 20.5 Å². The largest absolute Gasteiger partial charge is 0.480 e. The Hall–Kier alpha value is -4.14. The number of carbonyl (C=O) groups is 3. The molecule has 0 radical (unpaired) electrons. The van der Waals surface area contributed by atoms with Gasteiger partial charge in [-0.25, -0.2) is 9.59 Å². The molecule has 0 spiro atoms. The van der Waals surface area contributed by atoms with Crippen molar-refractivity contribution in [1.29, 1.82) is 0 Å². The van der Waals surface area contributed by atoms with Gasteiger partial charge in [0, 0.05) is 13.0 Å². The van der Waals surface area contributed by atoms with Gasteiger partial charge in [0.1, 0.15) is 12.6 Å². The number of rotatable bonds is 8. The molecule has 0 aliphatic heterocycles. The van der Waals surface area contributed by atoms with E-state index in [4.69, 9.17) is 4.74 Å². The molecule has 9 nitrogen and oxygen atoms in total. The van der Waals surface area contributed by atoms with Crippen molar-refractivity contribution in [2.45, 2.75) is 31.8 Å². The van der Waals surface area contributed by atoms with Crippen LogP contribution in [0.3, 0.4) is 0 Å². The monoisotopic (exact) mass is 462 g/mol. The number of carbonyl (C=O) groups excluding carboxylic acids is 2. The van der Waals surface area contributed by atoms with Gasteiger partial charge in [-0.05, 0) is 28.7 Å². The Morgan fingerprint density at radius 1 is 1.09 bits per heavy atom. The molecule has 0 saturated carbocycles. The summed E-state index contributed by atoms with van der Waals surface area (Å²) in [6.45, 7) is 1.84. The van der Waals surface area contributed by atoms with E-state index in [2.05, 4.69) is 27.9 Å². The van der Waals surface area contributed by atoms with E-state index >= 15 is 0 Å². The highest BCUT2D eigenvalue weighted by Crippen LogP contribution is 2.44. The van der Waals surface area contributed by atoms with Crippen molar-refractivity contribution in [3.05, 3.63) is 77.1 Å². The number of nitrogens with zero attached hydrogens (tertiary/aromatic N) is 2. The molecule has 2 aromatic carbocycles. The zero-order valence-corrected chi connectivity index (χ0v) is 18.9. The van der Waals surface area contributed by atoms with E-state index in [9.17, 15) is 19.5 Å². The third-order valence-corrected chi connectivity index (χ3v) is 6.06. The number of amides is 2. The topological polar surface area (TPSA) is 123 Å². The van der Waals surface area contributed by atoms with E-state index in [-0.39, 0.29) is 31.1 Å². The molecule has 1 atom stereocenters. The van der Waals surface area contributed by atoms with Crippen LogP contribution in [0.1, 0.15) is 46.4 Å². The highest BCUT2D eigenvalue weighted by atomic mass is 16.5. The maximum Gasteiger partial charge on any atom is 0.407 e. The van der Waals surface area contributed by atoms with E-state index in [0.29, 0.717) is 5.69 Å². The van der Waals surface area contributed by atoms with Gasteiger partial charge in [0.2, 0.25) is 0 Å². The highest BCUT2D eigenvalue weighted by molar-refractivity contribution is 5.97. The Balaban J connectivity index is 1.39. The number of aromatic nitrogens is 2. The number of benzene rings is 2. The number of carboxylic acids is 1. The fraction of sp³-hybridized carbons (Fsp3) is 0.280. The van der Waals surface area contributed by atoms with Crippen LogP contribution in [-0.4, -0.2) is 45.5 Å². The van der Waals surface area contributed by atoms with Crippen LogP contribution in [0.2, 0.25) is 0 Å². The summed E-state index contributed by atoms with van der Waals surface area (Å²) in [6.07, 6.45) is 0.972. The number of ether oxygens (including phenoxy) is 1. The van der Waals surface area contributed by atoms with Gasteiger partial charge in [0.25, 0.3) is 5.91 Å². The number of carboxylic acid groups (broad SMARTS) is 1. The maximum atomic E-state index is 12.6. The second-order valence-electron chi connectivity index (χ2n) is 8.08. The van der Waals surface area contributed by atoms with Gasteiger partial charge in [-0.1, -0.05) is 55.5 Å². The molecule has 9 heteroatoms. The van der Waals surface area contributed by atoms with Crippen LogP contribution in [0.4, 0.5) is 4.79 Å². The average Bonchev–Trinajstić information content (AvgIpc) is 3.37. The summed E-state index contributed by atoms with van der Waals surface area (Å²) in [5.74, 6) is -1.73. The standard InChI is InChI=1S/C25H26N4O5/c1-3-21(24(31)32)28-23(30)19-12-27-29(2)22(19)13-26-25(33)34-14-20-17-10-6-4-8-15(17)16-9-5-7-11-18(16)20/h4-12,20-21H,3,13-14H2,1-2H3,(H,26,33)(H,28,30)(H,31,32). The lowest BCUT2D eigenvalue weighted by Gasteiger charge is -2.15. The lowest BCUT2D eigenvalue weighted by atomic mass is 9.98. The fourth-order valence-electron chi connectivity index (χ4n) is 4.24. The molecule has 3 N–H and O–H groups in total. The van der Waals surface area contributed by atoms with Crippen LogP contribution >= 0.6 is 0 Å². The maximum absolute atomic E-state index is 12.6. The Morgan fingerprint density at radius 2 is 1.71 bits per heavy atom. The number of aryl methyl sites for hydroxylation is 1. The number of alkyl carbamates (subject to hydrolysis) is 1. The minimum absolute atomic E-state index is 0.000208. The van der Waals surface area contributed by atoms with Crippen molar-refractivity contribution in [2.75, 3.05) is 6.61 Å². The minimum Gasteiger partial charge on any atom is -0.480 e. The van der Waals surface area contributed by atoms with E-state index in [1.807, 2.05) is 36.4 Å². The number of hydrogen-bond acceptors (Lipinski definition) is 5. The van der Waals surface area contributed by atoms with Crippen molar-refractivity contribution in [2.24, 2.45) is 7.05 Å². The second kappa shape index (κ2) is 9.78. The third-order valence-electron chi connectivity index (χ3n) is 6.06. The molecular weight excluding hydrogens is 436 g/mol. The van der Waals surface area contributed by atoms with Crippen LogP contribution in [-0.2, 0) is 23.1 Å². The van der Waals surface area contributed by atoms with Crippen LogP contribution in [0.5, 0.6) is 0 Å². The van der Waals surface area contributed by atoms with E-state index < -0.39 is 24.0 Å². The molecule has 1 aliphatic carbocycles. The SMILES string of the molecule is CCC(NC(=O)c1cnn(C)c1CNC(=O)OCC1c2ccccc2-c2ccccc21)C(=O)O. The van der Waals surface area contributed by atoms with Gasteiger partial charge in [-0.15, -0.1) is 0 Å². The smallest absolute Gasteiger partial charge is 0.407 e. The molecule has 3 aromatic rings. The van der Waals surface area contributed by atoms with Crippen molar-refractivity contribution < 1.29 is 24.2 Å². The number of nitrogens with one attached hydrogen (secondary N) is 2. The Bertz CT molecular complexity index is 1190. The van der Waals surface area contributed by atoms with E-state index in [1.165, 1.54) is 10.9 Å². The van der Waals surface area contributed by atoms with Crippen LogP contribution in [0.25, 0.3) is 11.1 Å². The second-order valence-corrected chi connectivity index (χ2v) is 8.08. The molecule has 34 heavy (non-hydrogen) atoms. The molecule has 0 saturated heterocycles. The number of aliphatic carboxylic acids is 1. The van der Waals surface area contributed by atoms with Gasteiger partial charge in [0.15, 0.2) is 0 Å². The van der Waals surface area contributed by atoms with Gasteiger partial charge in [-0.3, -0.25) is 9.48 Å². The summed E-state index contributed by atoms with van der Waals surface area (Å²) in [6, 6.07) is 15.1. The molecule has 2 amide bonds. The zero-order chi connectivity index (χ0) is 24.2. The first-order valence-corrected chi connectivity index (χ1v) is 11.0.